The van der Waals surface area contributed by atoms with Crippen LogP contribution in [0.25, 0.3) is 0 Å². The number of aliphatic hydroxyl groups is 1. The van der Waals surface area contributed by atoms with E-state index in [-0.39, 0.29) is 6.10 Å². The van der Waals surface area contributed by atoms with Gasteiger partial charge in [0.15, 0.2) is 0 Å². The van der Waals surface area contributed by atoms with Crippen LogP contribution < -0.4 is 4.57 Å². The third-order valence-corrected chi connectivity index (χ3v) is 1.67. The molecular weight excluding hydrogens is 152 g/mol. The second-order valence-corrected chi connectivity index (χ2v) is 2.90. The molecule has 0 aliphatic carbocycles. The Balaban J connectivity index is 2.69. The van der Waals surface area contributed by atoms with Gasteiger partial charge in [-0.3, -0.25) is 0 Å². The normalized spacial score (nSPS) is 12.8. The van der Waals surface area contributed by atoms with Crippen molar-refractivity contribution in [2.24, 2.45) is 0 Å². The molecule has 66 valence electrons. The van der Waals surface area contributed by atoms with E-state index in [4.69, 9.17) is 5.11 Å². The van der Waals surface area contributed by atoms with Gasteiger partial charge in [-0.1, -0.05) is 12.7 Å². The van der Waals surface area contributed by atoms with Gasteiger partial charge in [0.2, 0.25) is 0 Å². The first-order valence-corrected chi connectivity index (χ1v) is 4.08. The van der Waals surface area contributed by atoms with Crippen molar-refractivity contribution < 1.29 is 9.67 Å². The van der Waals surface area contributed by atoms with E-state index in [1.54, 1.807) is 6.92 Å². The number of imidazole rings is 1. The molecule has 1 unspecified atom stereocenters. The lowest BCUT2D eigenvalue weighted by Gasteiger charge is -1.99. The van der Waals surface area contributed by atoms with Crippen molar-refractivity contribution in [3.05, 3.63) is 30.9 Å². The third kappa shape index (κ3) is 2.20. The van der Waals surface area contributed by atoms with Crippen molar-refractivity contribution >= 4 is 0 Å². The summed E-state index contributed by atoms with van der Waals surface area (Å²) in [7, 11) is 0. The molecule has 0 saturated heterocycles. The SMILES string of the molecule is C=CC[n+]1cc[nH]c1CC(C)O. The minimum absolute atomic E-state index is 0.306. The van der Waals surface area contributed by atoms with E-state index in [2.05, 4.69) is 11.6 Å². The molecular formula is C9H15N2O+. The zero-order valence-corrected chi connectivity index (χ0v) is 7.33. The number of aromatic amines is 1. The monoisotopic (exact) mass is 167 g/mol. The molecule has 3 heteroatoms. The van der Waals surface area contributed by atoms with Gasteiger partial charge in [0.05, 0.1) is 12.5 Å². The van der Waals surface area contributed by atoms with Crippen molar-refractivity contribution in [1.29, 1.82) is 0 Å². The van der Waals surface area contributed by atoms with Crippen LogP contribution in [0.1, 0.15) is 12.7 Å². The molecule has 1 rings (SSSR count). The lowest BCUT2D eigenvalue weighted by atomic mass is 10.3. The molecule has 3 nitrogen and oxygen atoms in total. The molecule has 0 fully saturated rings. The Morgan fingerprint density at radius 2 is 2.58 bits per heavy atom. The quantitative estimate of drug-likeness (QED) is 0.495. The lowest BCUT2D eigenvalue weighted by molar-refractivity contribution is -0.693. The average Bonchev–Trinajstić information content (AvgIpc) is 2.37. The Morgan fingerprint density at radius 3 is 3.17 bits per heavy atom. The maximum absolute atomic E-state index is 9.16. The fraction of sp³-hybridized carbons (Fsp3) is 0.444. The van der Waals surface area contributed by atoms with Gasteiger partial charge >= 0.3 is 0 Å². The highest BCUT2D eigenvalue weighted by molar-refractivity contribution is 4.80. The third-order valence-electron chi connectivity index (χ3n) is 1.67. The van der Waals surface area contributed by atoms with Crippen molar-refractivity contribution in [3.8, 4) is 0 Å². The van der Waals surface area contributed by atoms with E-state index in [1.165, 1.54) is 0 Å². The summed E-state index contributed by atoms with van der Waals surface area (Å²) in [4.78, 5) is 3.08. The number of nitrogens with one attached hydrogen (secondary N) is 1. The van der Waals surface area contributed by atoms with Crippen molar-refractivity contribution in [3.63, 3.8) is 0 Å². The topological polar surface area (TPSA) is 39.9 Å². The number of aromatic nitrogens is 2. The minimum atomic E-state index is -0.306. The Bertz CT molecular complexity index is 253. The van der Waals surface area contributed by atoms with E-state index in [9.17, 15) is 0 Å². The predicted molar refractivity (Wildman–Crippen MR) is 46.6 cm³/mol. The summed E-state index contributed by atoms with van der Waals surface area (Å²) in [5.74, 6) is 1.03. The van der Waals surface area contributed by atoms with E-state index in [0.29, 0.717) is 6.42 Å². The summed E-state index contributed by atoms with van der Waals surface area (Å²) in [6.45, 7) is 6.22. The Morgan fingerprint density at radius 1 is 1.83 bits per heavy atom. The van der Waals surface area contributed by atoms with E-state index in [0.717, 1.165) is 12.4 Å². The standard InChI is InChI=1S/C9H14N2O/c1-3-5-11-6-4-10-9(11)7-8(2)12/h3-4,6,8,12H,1,5,7H2,2H3/p+1. The number of H-pyrrole nitrogens is 1. The Hall–Kier alpha value is -1.09. The average molecular weight is 167 g/mol. The van der Waals surface area contributed by atoms with Crippen molar-refractivity contribution in [2.75, 3.05) is 0 Å². The highest BCUT2D eigenvalue weighted by atomic mass is 16.3. The molecule has 1 aromatic heterocycles. The second-order valence-electron chi connectivity index (χ2n) is 2.90. The first-order valence-electron chi connectivity index (χ1n) is 4.08. The van der Waals surface area contributed by atoms with Gasteiger partial charge in [-0.2, -0.15) is 0 Å². The van der Waals surface area contributed by atoms with Crippen LogP contribution in [-0.2, 0) is 13.0 Å². The molecule has 12 heavy (non-hydrogen) atoms. The molecule has 0 amide bonds. The van der Waals surface area contributed by atoms with Gasteiger partial charge < -0.3 is 5.11 Å². The van der Waals surface area contributed by atoms with E-state index >= 15 is 0 Å². The fourth-order valence-corrected chi connectivity index (χ4v) is 1.16. The number of hydrogen-bond donors (Lipinski definition) is 2. The number of allylic oxidation sites excluding steroid dienone is 1. The van der Waals surface area contributed by atoms with Gasteiger partial charge in [0.1, 0.15) is 18.9 Å². The highest BCUT2D eigenvalue weighted by Crippen LogP contribution is 1.93. The van der Waals surface area contributed by atoms with Crippen LogP contribution in [0.4, 0.5) is 0 Å². The van der Waals surface area contributed by atoms with Crippen LogP contribution in [0.15, 0.2) is 25.0 Å². The van der Waals surface area contributed by atoms with Crippen LogP contribution in [-0.4, -0.2) is 16.2 Å². The fourth-order valence-electron chi connectivity index (χ4n) is 1.16. The molecule has 2 N–H and O–H groups in total. The molecule has 0 aliphatic heterocycles. The van der Waals surface area contributed by atoms with Gasteiger partial charge in [-0.05, 0) is 6.92 Å². The number of nitrogens with zero attached hydrogens (tertiary/aromatic N) is 1. The number of rotatable bonds is 4. The Labute approximate surface area is 72.4 Å². The van der Waals surface area contributed by atoms with E-state index < -0.39 is 0 Å². The molecule has 0 aromatic carbocycles. The molecule has 1 atom stereocenters. The van der Waals surface area contributed by atoms with E-state index in [1.807, 2.05) is 23.0 Å². The summed E-state index contributed by atoms with van der Waals surface area (Å²) in [6, 6.07) is 0. The number of hydrogen-bond acceptors (Lipinski definition) is 1. The molecule has 1 heterocycles. The first-order chi connectivity index (χ1) is 5.74. The molecule has 1 aromatic rings. The number of aliphatic hydroxyl groups excluding tert-OH is 1. The maximum atomic E-state index is 9.16. The molecule has 0 radical (unpaired) electrons. The highest BCUT2D eigenvalue weighted by Gasteiger charge is 2.11. The first kappa shape index (κ1) is 9.00. The lowest BCUT2D eigenvalue weighted by Crippen LogP contribution is -2.36. The van der Waals surface area contributed by atoms with Crippen molar-refractivity contribution in [1.82, 2.24) is 4.98 Å². The summed E-state index contributed by atoms with van der Waals surface area (Å²) >= 11 is 0. The van der Waals surface area contributed by atoms with Crippen LogP contribution >= 0.6 is 0 Å². The Kier molecular flexibility index (Phi) is 3.05. The van der Waals surface area contributed by atoms with Crippen molar-refractivity contribution in [2.45, 2.75) is 26.0 Å². The zero-order chi connectivity index (χ0) is 8.97. The summed E-state index contributed by atoms with van der Waals surface area (Å²) in [5.41, 5.74) is 0. The second kappa shape index (κ2) is 4.07. The molecule has 0 saturated carbocycles. The molecule has 0 spiro atoms. The summed E-state index contributed by atoms with van der Waals surface area (Å²) < 4.78 is 2.03. The van der Waals surface area contributed by atoms with Gasteiger partial charge in [-0.15, -0.1) is 0 Å². The maximum Gasteiger partial charge on any atom is 0.257 e. The van der Waals surface area contributed by atoms with Crippen LogP contribution in [0.5, 0.6) is 0 Å². The van der Waals surface area contributed by atoms with Gasteiger partial charge in [-0.25, -0.2) is 9.55 Å². The molecule has 0 bridgehead atoms. The minimum Gasteiger partial charge on any atom is -0.393 e. The molecule has 0 aliphatic rings. The van der Waals surface area contributed by atoms with Crippen LogP contribution in [0.3, 0.4) is 0 Å². The van der Waals surface area contributed by atoms with Gasteiger partial charge in [0.25, 0.3) is 5.82 Å². The van der Waals surface area contributed by atoms with Crippen LogP contribution in [0.2, 0.25) is 0 Å². The van der Waals surface area contributed by atoms with Gasteiger partial charge in [0, 0.05) is 0 Å². The predicted octanol–water partition coefficient (Wildman–Crippen LogP) is 0.411. The smallest absolute Gasteiger partial charge is 0.257 e. The summed E-state index contributed by atoms with van der Waals surface area (Å²) in [6.07, 6.45) is 5.99. The van der Waals surface area contributed by atoms with Crippen LogP contribution in [0, 0.1) is 0 Å². The largest absolute Gasteiger partial charge is 0.393 e. The zero-order valence-electron chi connectivity index (χ0n) is 7.33. The summed E-state index contributed by atoms with van der Waals surface area (Å²) in [5, 5.41) is 9.16.